The van der Waals surface area contributed by atoms with Gasteiger partial charge in [0.1, 0.15) is 0 Å². The Hall–Kier alpha value is -2.45. The van der Waals surface area contributed by atoms with Gasteiger partial charge in [-0.3, -0.25) is 4.79 Å². The van der Waals surface area contributed by atoms with Crippen LogP contribution in [0.4, 0.5) is 0 Å². The van der Waals surface area contributed by atoms with Crippen molar-refractivity contribution >= 4 is 12.1 Å². The first-order valence-electron chi connectivity index (χ1n) is 8.77. The van der Waals surface area contributed by atoms with E-state index in [0.717, 1.165) is 23.1 Å². The minimum absolute atomic E-state index is 0.0384. The van der Waals surface area contributed by atoms with Gasteiger partial charge in [0.05, 0.1) is 25.0 Å². The molecule has 2 aliphatic rings. The van der Waals surface area contributed by atoms with E-state index < -0.39 is 0 Å². The number of hydrogen-bond acceptors (Lipinski definition) is 4. The van der Waals surface area contributed by atoms with Crippen molar-refractivity contribution in [2.24, 2.45) is 11.7 Å². The van der Waals surface area contributed by atoms with E-state index >= 15 is 0 Å². The summed E-state index contributed by atoms with van der Waals surface area (Å²) in [5.74, 6) is 7.11. The van der Waals surface area contributed by atoms with Crippen LogP contribution in [0.15, 0.2) is 24.4 Å². The Morgan fingerprint density at radius 3 is 3.04 bits per heavy atom. The first-order valence-corrected chi connectivity index (χ1v) is 8.77. The van der Waals surface area contributed by atoms with Gasteiger partial charge in [-0.25, -0.2) is 0 Å². The van der Waals surface area contributed by atoms with Crippen LogP contribution in [0, 0.1) is 24.7 Å². The molecule has 0 bridgehead atoms. The van der Waals surface area contributed by atoms with Gasteiger partial charge in [-0.15, -0.1) is 0 Å². The van der Waals surface area contributed by atoms with E-state index in [2.05, 4.69) is 23.2 Å². The molecule has 1 aromatic carbocycles. The zero-order valence-electron chi connectivity index (χ0n) is 14.6. The van der Waals surface area contributed by atoms with E-state index in [1.807, 2.05) is 19.1 Å². The zero-order chi connectivity index (χ0) is 17.6. The molecule has 2 fully saturated rings. The summed E-state index contributed by atoms with van der Waals surface area (Å²) in [6.45, 7) is 4.44. The Morgan fingerprint density at radius 2 is 2.32 bits per heavy atom. The van der Waals surface area contributed by atoms with Gasteiger partial charge in [-0.1, -0.05) is 17.9 Å². The number of ether oxygens (including phenoxy) is 1. The van der Waals surface area contributed by atoms with Gasteiger partial charge < -0.3 is 20.7 Å². The largest absolute Gasteiger partial charge is 0.397 e. The molecule has 0 spiro atoms. The third kappa shape index (κ3) is 4.77. The Bertz CT molecular complexity index is 713. The maximum Gasteiger partial charge on any atom is 0.210 e. The van der Waals surface area contributed by atoms with Crippen LogP contribution in [-0.2, 0) is 9.53 Å². The molecular formula is C20H25N3O2. The van der Waals surface area contributed by atoms with E-state index in [1.165, 1.54) is 12.8 Å². The number of nitrogens with zero attached hydrogens (tertiary/aromatic N) is 1. The minimum atomic E-state index is 0.0384. The lowest BCUT2D eigenvalue weighted by molar-refractivity contribution is -0.125. The SMILES string of the molecule is Cc1cc(C#CC2CC2)ccc1/C(N)=C/NCC1COCCN1C=O. The molecule has 1 saturated carbocycles. The van der Waals surface area contributed by atoms with Crippen molar-refractivity contribution in [1.82, 2.24) is 10.2 Å². The van der Waals surface area contributed by atoms with E-state index in [9.17, 15) is 4.79 Å². The van der Waals surface area contributed by atoms with Gasteiger partial charge in [-0.05, 0) is 37.5 Å². The third-order valence-corrected chi connectivity index (χ3v) is 4.55. The van der Waals surface area contributed by atoms with Crippen LogP contribution in [0.2, 0.25) is 0 Å². The summed E-state index contributed by atoms with van der Waals surface area (Å²) in [5.41, 5.74) is 10.0. The molecule has 3 rings (SSSR count). The van der Waals surface area contributed by atoms with Gasteiger partial charge >= 0.3 is 0 Å². The fourth-order valence-electron chi connectivity index (χ4n) is 2.84. The first kappa shape index (κ1) is 17.4. The summed E-state index contributed by atoms with van der Waals surface area (Å²) in [6.07, 6.45) is 5.15. The number of nitrogens with two attached hydrogens (primary N) is 1. The van der Waals surface area contributed by atoms with Gasteiger partial charge in [0.15, 0.2) is 0 Å². The molecule has 1 amide bonds. The van der Waals surface area contributed by atoms with Crippen LogP contribution in [0.5, 0.6) is 0 Å². The normalized spacial score (nSPS) is 20.6. The average Bonchev–Trinajstić information content (AvgIpc) is 3.44. The molecule has 0 aromatic heterocycles. The Kier molecular flexibility index (Phi) is 5.62. The summed E-state index contributed by atoms with van der Waals surface area (Å²) in [6, 6.07) is 6.15. The van der Waals surface area contributed by atoms with E-state index in [1.54, 1.807) is 11.1 Å². The first-order chi connectivity index (χ1) is 12.2. The second-order valence-electron chi connectivity index (χ2n) is 6.65. The molecule has 1 heterocycles. The van der Waals surface area contributed by atoms with Crippen molar-refractivity contribution in [3.63, 3.8) is 0 Å². The van der Waals surface area contributed by atoms with Crippen LogP contribution >= 0.6 is 0 Å². The highest BCUT2D eigenvalue weighted by Crippen LogP contribution is 2.27. The van der Waals surface area contributed by atoms with Crippen LogP contribution in [0.1, 0.15) is 29.5 Å². The molecule has 3 N–H and O–H groups in total. The molecule has 1 aliphatic heterocycles. The smallest absolute Gasteiger partial charge is 0.210 e. The van der Waals surface area contributed by atoms with E-state index in [-0.39, 0.29) is 6.04 Å². The van der Waals surface area contributed by atoms with Crippen LogP contribution in [-0.4, -0.2) is 43.7 Å². The lowest BCUT2D eigenvalue weighted by atomic mass is 10.0. The summed E-state index contributed by atoms with van der Waals surface area (Å²) in [7, 11) is 0. The Morgan fingerprint density at radius 1 is 1.48 bits per heavy atom. The predicted octanol–water partition coefficient (Wildman–Crippen LogP) is 1.46. The highest BCUT2D eigenvalue weighted by atomic mass is 16.5. The quantitative estimate of drug-likeness (QED) is 0.630. The Balaban J connectivity index is 1.59. The number of nitrogens with one attached hydrogen (secondary N) is 1. The molecule has 1 aliphatic carbocycles. The number of morpholine rings is 1. The maximum atomic E-state index is 11.1. The number of carbonyl (C=O) groups is 1. The highest BCUT2D eigenvalue weighted by Gasteiger charge is 2.20. The number of carbonyl (C=O) groups excluding carboxylic acids is 1. The van der Waals surface area contributed by atoms with Gasteiger partial charge in [0.25, 0.3) is 0 Å². The van der Waals surface area contributed by atoms with Crippen molar-refractivity contribution in [2.75, 3.05) is 26.3 Å². The van der Waals surface area contributed by atoms with Gasteiger partial charge in [-0.2, -0.15) is 0 Å². The van der Waals surface area contributed by atoms with Crippen molar-refractivity contribution in [3.8, 4) is 11.8 Å². The molecular weight excluding hydrogens is 314 g/mol. The topological polar surface area (TPSA) is 67.6 Å². The van der Waals surface area contributed by atoms with Crippen LogP contribution in [0.25, 0.3) is 5.70 Å². The molecule has 5 heteroatoms. The van der Waals surface area contributed by atoms with E-state index in [0.29, 0.717) is 37.9 Å². The standard InChI is InChI=1S/C20H25N3O2/c1-15-10-17(5-4-16-2-3-16)6-7-19(15)20(21)12-22-11-18-13-25-9-8-23(18)14-24/h6-7,10,12,14,16,18,22H,2-3,8-9,11,13,21H2,1H3/b20-12-. The second-order valence-corrected chi connectivity index (χ2v) is 6.65. The van der Waals surface area contributed by atoms with Gasteiger partial charge in [0, 0.05) is 36.3 Å². The number of benzene rings is 1. The lowest BCUT2D eigenvalue weighted by Gasteiger charge is -2.32. The van der Waals surface area contributed by atoms with Gasteiger partial charge in [0.2, 0.25) is 6.41 Å². The lowest BCUT2D eigenvalue weighted by Crippen LogP contribution is -2.49. The Labute approximate surface area is 149 Å². The molecule has 1 unspecified atom stereocenters. The van der Waals surface area contributed by atoms with Crippen molar-refractivity contribution in [2.45, 2.75) is 25.8 Å². The minimum Gasteiger partial charge on any atom is -0.397 e. The third-order valence-electron chi connectivity index (χ3n) is 4.55. The molecule has 132 valence electrons. The second kappa shape index (κ2) is 8.09. The molecule has 1 atom stereocenters. The predicted molar refractivity (Wildman–Crippen MR) is 98.3 cm³/mol. The van der Waals surface area contributed by atoms with Crippen molar-refractivity contribution in [1.29, 1.82) is 0 Å². The fourth-order valence-corrected chi connectivity index (χ4v) is 2.84. The van der Waals surface area contributed by atoms with Crippen molar-refractivity contribution in [3.05, 3.63) is 41.1 Å². The van der Waals surface area contributed by atoms with Crippen LogP contribution < -0.4 is 11.1 Å². The summed E-state index contributed by atoms with van der Waals surface area (Å²) < 4.78 is 5.43. The average molecular weight is 339 g/mol. The van der Waals surface area contributed by atoms with Crippen molar-refractivity contribution < 1.29 is 9.53 Å². The summed E-state index contributed by atoms with van der Waals surface area (Å²) in [4.78, 5) is 12.8. The molecule has 25 heavy (non-hydrogen) atoms. The summed E-state index contributed by atoms with van der Waals surface area (Å²) >= 11 is 0. The molecule has 5 nitrogen and oxygen atoms in total. The fraction of sp³-hybridized carbons (Fsp3) is 0.450. The summed E-state index contributed by atoms with van der Waals surface area (Å²) in [5, 5.41) is 3.21. The molecule has 1 aromatic rings. The molecule has 1 saturated heterocycles. The highest BCUT2D eigenvalue weighted by molar-refractivity contribution is 5.66. The zero-order valence-corrected chi connectivity index (χ0v) is 14.6. The number of amides is 1. The number of aryl methyl sites for hydroxylation is 1. The monoisotopic (exact) mass is 339 g/mol. The van der Waals surface area contributed by atoms with Crippen LogP contribution in [0.3, 0.4) is 0 Å². The van der Waals surface area contributed by atoms with E-state index in [4.69, 9.17) is 10.5 Å². The number of hydrogen-bond donors (Lipinski definition) is 2. The number of rotatable bonds is 5. The molecule has 0 radical (unpaired) electrons. The maximum absolute atomic E-state index is 11.1.